The second-order valence-corrected chi connectivity index (χ2v) is 4.04. The number of alkyl halides is 1. The molecule has 0 radical (unpaired) electrons. The number of para-hydroxylation sites is 1. The number of halogens is 1. The number of benzene rings is 1. The van der Waals surface area contributed by atoms with Crippen molar-refractivity contribution in [2.75, 3.05) is 26.9 Å². The quantitative estimate of drug-likeness (QED) is 0.544. The third-order valence-corrected chi connectivity index (χ3v) is 2.91. The SMILES string of the molecule is CCOCCCOc1c(CBr)cccc1OC. The average Bonchev–Trinajstić information content (AvgIpc) is 2.38. The van der Waals surface area contributed by atoms with Gasteiger partial charge in [0.2, 0.25) is 0 Å². The summed E-state index contributed by atoms with van der Waals surface area (Å²) in [4.78, 5) is 0. The third-order valence-electron chi connectivity index (χ3n) is 2.31. The molecule has 0 aliphatic rings. The second-order valence-electron chi connectivity index (χ2n) is 3.48. The molecule has 0 fully saturated rings. The Balaban J connectivity index is 2.55. The number of ether oxygens (including phenoxy) is 3. The highest BCUT2D eigenvalue weighted by atomic mass is 79.9. The summed E-state index contributed by atoms with van der Waals surface area (Å²) in [5.41, 5.74) is 1.10. The Kier molecular flexibility index (Phi) is 7.05. The minimum atomic E-state index is 0.639. The van der Waals surface area contributed by atoms with E-state index in [1.54, 1.807) is 7.11 Å². The minimum absolute atomic E-state index is 0.639. The van der Waals surface area contributed by atoms with Gasteiger partial charge in [0, 0.05) is 30.5 Å². The second kappa shape index (κ2) is 8.37. The minimum Gasteiger partial charge on any atom is -0.493 e. The molecule has 1 rings (SSSR count). The van der Waals surface area contributed by atoms with Gasteiger partial charge in [-0.1, -0.05) is 28.1 Å². The topological polar surface area (TPSA) is 27.7 Å². The summed E-state index contributed by atoms with van der Waals surface area (Å²) >= 11 is 3.45. The number of rotatable bonds is 8. The van der Waals surface area contributed by atoms with Crippen LogP contribution in [0.3, 0.4) is 0 Å². The van der Waals surface area contributed by atoms with E-state index in [0.717, 1.165) is 42.0 Å². The molecule has 0 spiro atoms. The smallest absolute Gasteiger partial charge is 0.165 e. The lowest BCUT2D eigenvalue weighted by molar-refractivity contribution is 0.130. The van der Waals surface area contributed by atoms with E-state index in [4.69, 9.17) is 14.2 Å². The van der Waals surface area contributed by atoms with E-state index in [0.29, 0.717) is 6.61 Å². The van der Waals surface area contributed by atoms with Crippen LogP contribution in [0.15, 0.2) is 18.2 Å². The fourth-order valence-corrected chi connectivity index (χ4v) is 1.91. The lowest BCUT2D eigenvalue weighted by atomic mass is 10.2. The highest BCUT2D eigenvalue weighted by molar-refractivity contribution is 9.08. The van der Waals surface area contributed by atoms with Crippen LogP contribution in [-0.4, -0.2) is 26.9 Å². The largest absolute Gasteiger partial charge is 0.493 e. The zero-order valence-corrected chi connectivity index (χ0v) is 12.0. The van der Waals surface area contributed by atoms with E-state index in [2.05, 4.69) is 15.9 Å². The zero-order chi connectivity index (χ0) is 12.5. The number of methoxy groups -OCH3 is 1. The van der Waals surface area contributed by atoms with Crippen molar-refractivity contribution in [3.63, 3.8) is 0 Å². The standard InChI is InChI=1S/C13H19BrO3/c1-3-16-8-5-9-17-13-11(10-14)6-4-7-12(13)15-2/h4,6-7H,3,5,8-10H2,1-2H3. The Morgan fingerprint density at radius 2 is 2.06 bits per heavy atom. The molecule has 0 bridgehead atoms. The van der Waals surface area contributed by atoms with Crippen molar-refractivity contribution >= 4 is 15.9 Å². The lowest BCUT2D eigenvalue weighted by Gasteiger charge is -2.13. The monoisotopic (exact) mass is 302 g/mol. The maximum absolute atomic E-state index is 5.76. The molecule has 3 nitrogen and oxygen atoms in total. The predicted octanol–water partition coefficient (Wildman–Crippen LogP) is 3.40. The highest BCUT2D eigenvalue weighted by Gasteiger charge is 2.09. The molecule has 1 aromatic carbocycles. The molecule has 0 aliphatic heterocycles. The molecule has 0 heterocycles. The van der Waals surface area contributed by atoms with Gasteiger partial charge < -0.3 is 14.2 Å². The Bertz CT molecular complexity index is 306. The molecule has 0 N–H and O–H groups in total. The van der Waals surface area contributed by atoms with Gasteiger partial charge in [0.05, 0.1) is 13.7 Å². The summed E-state index contributed by atoms with van der Waals surface area (Å²) < 4.78 is 16.3. The van der Waals surface area contributed by atoms with E-state index >= 15 is 0 Å². The molecule has 96 valence electrons. The molecule has 1 aromatic rings. The summed E-state index contributed by atoms with van der Waals surface area (Å²) in [7, 11) is 1.65. The van der Waals surface area contributed by atoms with Crippen LogP contribution in [0.5, 0.6) is 11.5 Å². The van der Waals surface area contributed by atoms with Crippen molar-refractivity contribution in [3.05, 3.63) is 23.8 Å². The van der Waals surface area contributed by atoms with Gasteiger partial charge in [-0.25, -0.2) is 0 Å². The van der Waals surface area contributed by atoms with Gasteiger partial charge in [-0.2, -0.15) is 0 Å². The van der Waals surface area contributed by atoms with Crippen LogP contribution in [-0.2, 0) is 10.1 Å². The predicted molar refractivity (Wildman–Crippen MR) is 72.2 cm³/mol. The van der Waals surface area contributed by atoms with Gasteiger partial charge in [0.1, 0.15) is 0 Å². The maximum Gasteiger partial charge on any atom is 0.165 e. The number of hydrogen-bond donors (Lipinski definition) is 0. The molecular formula is C13H19BrO3. The molecule has 0 saturated carbocycles. The van der Waals surface area contributed by atoms with Gasteiger partial charge >= 0.3 is 0 Å². The average molecular weight is 303 g/mol. The normalized spacial score (nSPS) is 10.3. The molecule has 0 atom stereocenters. The van der Waals surface area contributed by atoms with Crippen molar-refractivity contribution in [3.8, 4) is 11.5 Å². The Hall–Kier alpha value is -0.740. The molecule has 0 aliphatic carbocycles. The van der Waals surface area contributed by atoms with Gasteiger partial charge in [-0.05, 0) is 13.0 Å². The van der Waals surface area contributed by atoms with Gasteiger partial charge in [-0.15, -0.1) is 0 Å². The van der Waals surface area contributed by atoms with Crippen LogP contribution in [0.25, 0.3) is 0 Å². The zero-order valence-electron chi connectivity index (χ0n) is 10.4. The fourth-order valence-electron chi connectivity index (χ4n) is 1.47. The molecule has 0 saturated heterocycles. The lowest BCUT2D eigenvalue weighted by Crippen LogP contribution is -2.05. The Morgan fingerprint density at radius 1 is 1.24 bits per heavy atom. The molecule has 0 unspecified atom stereocenters. The Morgan fingerprint density at radius 3 is 2.71 bits per heavy atom. The van der Waals surface area contributed by atoms with E-state index in [9.17, 15) is 0 Å². The van der Waals surface area contributed by atoms with Crippen LogP contribution < -0.4 is 9.47 Å². The molecule has 0 aromatic heterocycles. The van der Waals surface area contributed by atoms with Crippen LogP contribution in [0.1, 0.15) is 18.9 Å². The molecular weight excluding hydrogens is 284 g/mol. The van der Waals surface area contributed by atoms with Crippen LogP contribution in [0.2, 0.25) is 0 Å². The van der Waals surface area contributed by atoms with E-state index < -0.39 is 0 Å². The van der Waals surface area contributed by atoms with E-state index in [1.165, 1.54) is 0 Å². The van der Waals surface area contributed by atoms with Crippen LogP contribution >= 0.6 is 15.9 Å². The third kappa shape index (κ3) is 4.56. The van der Waals surface area contributed by atoms with Crippen molar-refractivity contribution in [1.29, 1.82) is 0 Å². The summed E-state index contributed by atoms with van der Waals surface area (Å²) in [6.07, 6.45) is 0.883. The first-order chi connectivity index (χ1) is 8.33. The van der Waals surface area contributed by atoms with Crippen molar-refractivity contribution in [1.82, 2.24) is 0 Å². The first-order valence-corrected chi connectivity index (χ1v) is 6.88. The van der Waals surface area contributed by atoms with Gasteiger partial charge in [0.15, 0.2) is 11.5 Å². The fraction of sp³-hybridized carbons (Fsp3) is 0.538. The Labute approximate surface area is 111 Å². The van der Waals surface area contributed by atoms with E-state index in [1.807, 2.05) is 25.1 Å². The van der Waals surface area contributed by atoms with Crippen molar-refractivity contribution < 1.29 is 14.2 Å². The summed E-state index contributed by atoms with van der Waals surface area (Å²) in [5, 5.41) is 0.755. The summed E-state index contributed by atoms with van der Waals surface area (Å²) in [6, 6.07) is 5.89. The van der Waals surface area contributed by atoms with Gasteiger partial charge in [-0.3, -0.25) is 0 Å². The van der Waals surface area contributed by atoms with Crippen molar-refractivity contribution in [2.24, 2.45) is 0 Å². The molecule has 0 amide bonds. The maximum atomic E-state index is 5.76. The van der Waals surface area contributed by atoms with Crippen LogP contribution in [0.4, 0.5) is 0 Å². The van der Waals surface area contributed by atoms with E-state index in [-0.39, 0.29) is 0 Å². The van der Waals surface area contributed by atoms with Crippen molar-refractivity contribution in [2.45, 2.75) is 18.7 Å². The molecule has 4 heteroatoms. The summed E-state index contributed by atoms with van der Waals surface area (Å²) in [6.45, 7) is 4.11. The first-order valence-electron chi connectivity index (χ1n) is 5.75. The first kappa shape index (κ1) is 14.3. The van der Waals surface area contributed by atoms with Crippen LogP contribution in [0, 0.1) is 0 Å². The number of hydrogen-bond acceptors (Lipinski definition) is 3. The molecule has 17 heavy (non-hydrogen) atoms. The highest BCUT2D eigenvalue weighted by Crippen LogP contribution is 2.32. The van der Waals surface area contributed by atoms with Gasteiger partial charge in [0.25, 0.3) is 0 Å². The summed E-state index contributed by atoms with van der Waals surface area (Å²) in [5.74, 6) is 1.60.